The Kier molecular flexibility index (Phi) is 2.92. The molecule has 1 N–H and O–H groups in total. The molecule has 5 fully saturated rings. The van der Waals surface area contributed by atoms with Crippen molar-refractivity contribution in [3.05, 3.63) is 0 Å². The van der Waals surface area contributed by atoms with Gasteiger partial charge in [0.1, 0.15) is 0 Å². The molecule has 4 bridgehead atoms. The highest BCUT2D eigenvalue weighted by Gasteiger charge is 2.51. The molecule has 0 aromatic rings. The molecule has 0 amide bonds. The van der Waals surface area contributed by atoms with Crippen LogP contribution in [0.5, 0.6) is 0 Å². The Morgan fingerprint density at radius 3 is 2.17 bits per heavy atom. The number of rotatable bonds is 3. The van der Waals surface area contributed by atoms with Gasteiger partial charge in [-0.15, -0.1) is 0 Å². The minimum atomic E-state index is 0.738. The van der Waals surface area contributed by atoms with Crippen molar-refractivity contribution in [1.82, 2.24) is 5.32 Å². The van der Waals surface area contributed by atoms with Crippen LogP contribution in [-0.2, 0) is 4.74 Å². The lowest BCUT2D eigenvalue weighted by Gasteiger charge is -2.57. The molecule has 0 spiro atoms. The topological polar surface area (TPSA) is 21.3 Å². The molecule has 18 heavy (non-hydrogen) atoms. The normalized spacial score (nSPS) is 51.8. The molecular formula is C16H27NO. The second-order valence-electron chi connectivity index (χ2n) is 7.45. The number of hydrogen-bond donors (Lipinski definition) is 1. The van der Waals surface area contributed by atoms with Crippen LogP contribution >= 0.6 is 0 Å². The van der Waals surface area contributed by atoms with E-state index in [0.29, 0.717) is 0 Å². The first-order chi connectivity index (χ1) is 8.85. The van der Waals surface area contributed by atoms with Crippen molar-refractivity contribution in [2.45, 2.75) is 44.6 Å². The van der Waals surface area contributed by atoms with Gasteiger partial charge in [0, 0.05) is 18.6 Å². The van der Waals surface area contributed by atoms with E-state index in [1.165, 1.54) is 6.42 Å². The maximum atomic E-state index is 5.64. The minimum absolute atomic E-state index is 0.738. The van der Waals surface area contributed by atoms with Gasteiger partial charge in [-0.3, -0.25) is 0 Å². The summed E-state index contributed by atoms with van der Waals surface area (Å²) in [6, 6.07) is 0.738. The van der Waals surface area contributed by atoms with Crippen LogP contribution in [0, 0.1) is 35.5 Å². The van der Waals surface area contributed by atoms with Crippen molar-refractivity contribution in [1.29, 1.82) is 0 Å². The SMILES string of the molecule is CNC(C1CCOC1)C1C2CC3CC(C2)CC1C3. The van der Waals surface area contributed by atoms with E-state index in [1.54, 1.807) is 32.1 Å². The lowest BCUT2D eigenvalue weighted by atomic mass is 9.50. The van der Waals surface area contributed by atoms with Crippen molar-refractivity contribution in [3.63, 3.8) is 0 Å². The smallest absolute Gasteiger partial charge is 0.0510 e. The Hall–Kier alpha value is -0.0800. The first-order valence-corrected chi connectivity index (χ1v) is 8.10. The van der Waals surface area contributed by atoms with Gasteiger partial charge in [0.2, 0.25) is 0 Å². The van der Waals surface area contributed by atoms with Gasteiger partial charge < -0.3 is 10.1 Å². The maximum absolute atomic E-state index is 5.64. The monoisotopic (exact) mass is 249 g/mol. The molecule has 5 aliphatic rings. The van der Waals surface area contributed by atoms with Crippen LogP contribution in [0.15, 0.2) is 0 Å². The minimum Gasteiger partial charge on any atom is -0.381 e. The highest BCUT2D eigenvalue weighted by molar-refractivity contribution is 5.03. The van der Waals surface area contributed by atoms with Gasteiger partial charge in [-0.05, 0) is 75.2 Å². The Morgan fingerprint density at radius 2 is 1.67 bits per heavy atom. The maximum Gasteiger partial charge on any atom is 0.0510 e. The molecule has 5 rings (SSSR count). The summed E-state index contributed by atoms with van der Waals surface area (Å²) >= 11 is 0. The second-order valence-corrected chi connectivity index (χ2v) is 7.45. The summed E-state index contributed by atoms with van der Waals surface area (Å²) in [6.07, 6.45) is 9.03. The van der Waals surface area contributed by atoms with E-state index in [9.17, 15) is 0 Å². The lowest BCUT2D eigenvalue weighted by molar-refractivity contribution is -0.0597. The quantitative estimate of drug-likeness (QED) is 0.830. The van der Waals surface area contributed by atoms with Crippen LogP contribution in [0.3, 0.4) is 0 Å². The average molecular weight is 249 g/mol. The summed E-state index contributed by atoms with van der Waals surface area (Å²) in [4.78, 5) is 0. The zero-order valence-electron chi connectivity index (χ0n) is 11.6. The van der Waals surface area contributed by atoms with Crippen LogP contribution in [0.2, 0.25) is 0 Å². The van der Waals surface area contributed by atoms with E-state index in [0.717, 1.165) is 54.8 Å². The Labute approximate surface area is 111 Å². The summed E-state index contributed by atoms with van der Waals surface area (Å²) in [5, 5.41) is 3.69. The van der Waals surface area contributed by atoms with E-state index in [2.05, 4.69) is 12.4 Å². The van der Waals surface area contributed by atoms with Crippen molar-refractivity contribution >= 4 is 0 Å². The fraction of sp³-hybridized carbons (Fsp3) is 1.00. The second kappa shape index (κ2) is 4.49. The van der Waals surface area contributed by atoms with E-state index in [4.69, 9.17) is 4.74 Å². The Balaban J connectivity index is 1.55. The molecule has 2 unspecified atom stereocenters. The van der Waals surface area contributed by atoms with Crippen molar-refractivity contribution in [3.8, 4) is 0 Å². The summed E-state index contributed by atoms with van der Waals surface area (Å²) in [7, 11) is 2.19. The predicted octanol–water partition coefficient (Wildman–Crippen LogP) is 2.68. The first-order valence-electron chi connectivity index (χ1n) is 8.10. The van der Waals surface area contributed by atoms with Crippen LogP contribution in [-0.4, -0.2) is 26.3 Å². The van der Waals surface area contributed by atoms with Crippen LogP contribution < -0.4 is 5.32 Å². The van der Waals surface area contributed by atoms with Gasteiger partial charge in [-0.25, -0.2) is 0 Å². The zero-order chi connectivity index (χ0) is 12.1. The molecule has 2 nitrogen and oxygen atoms in total. The molecule has 1 saturated heterocycles. The van der Waals surface area contributed by atoms with Gasteiger partial charge in [-0.1, -0.05) is 0 Å². The van der Waals surface area contributed by atoms with Crippen molar-refractivity contribution in [2.75, 3.05) is 20.3 Å². The molecule has 0 radical (unpaired) electrons. The summed E-state index contributed by atoms with van der Waals surface area (Å²) in [5.41, 5.74) is 0. The van der Waals surface area contributed by atoms with Crippen LogP contribution in [0.25, 0.3) is 0 Å². The van der Waals surface area contributed by atoms with Crippen molar-refractivity contribution in [2.24, 2.45) is 35.5 Å². The first kappa shape index (κ1) is 11.7. The number of ether oxygens (including phenoxy) is 1. The zero-order valence-corrected chi connectivity index (χ0v) is 11.6. The highest BCUT2D eigenvalue weighted by atomic mass is 16.5. The largest absolute Gasteiger partial charge is 0.381 e. The summed E-state index contributed by atoms with van der Waals surface area (Å²) in [5.74, 6) is 6.03. The third kappa shape index (κ3) is 1.76. The van der Waals surface area contributed by atoms with E-state index in [-0.39, 0.29) is 0 Å². The highest BCUT2D eigenvalue weighted by Crippen LogP contribution is 2.58. The average Bonchev–Trinajstić information content (AvgIpc) is 2.86. The predicted molar refractivity (Wildman–Crippen MR) is 72.3 cm³/mol. The third-order valence-electron chi connectivity index (χ3n) is 6.52. The van der Waals surface area contributed by atoms with Gasteiger partial charge >= 0.3 is 0 Å². The molecule has 2 atom stereocenters. The molecule has 4 saturated carbocycles. The molecule has 1 aliphatic heterocycles. The van der Waals surface area contributed by atoms with Gasteiger partial charge in [0.25, 0.3) is 0 Å². The summed E-state index contributed by atoms with van der Waals surface area (Å²) in [6.45, 7) is 2.00. The van der Waals surface area contributed by atoms with Gasteiger partial charge in [-0.2, -0.15) is 0 Å². The standard InChI is InChI=1S/C16H27NO/c1-17-16(12-2-3-18-9-12)15-13-5-10-4-11(7-13)8-14(15)6-10/h10-17H,2-9H2,1H3. The van der Waals surface area contributed by atoms with Crippen molar-refractivity contribution < 1.29 is 4.74 Å². The number of nitrogens with one attached hydrogen (secondary N) is 1. The molecule has 4 aliphatic carbocycles. The fourth-order valence-corrected chi connectivity index (χ4v) is 6.13. The fourth-order valence-electron chi connectivity index (χ4n) is 6.13. The lowest BCUT2D eigenvalue weighted by Crippen LogP contribution is -2.54. The molecule has 0 aromatic heterocycles. The third-order valence-corrected chi connectivity index (χ3v) is 6.52. The van der Waals surface area contributed by atoms with E-state index >= 15 is 0 Å². The van der Waals surface area contributed by atoms with Gasteiger partial charge in [0.15, 0.2) is 0 Å². The van der Waals surface area contributed by atoms with E-state index < -0.39 is 0 Å². The Bertz CT molecular complexity index is 282. The van der Waals surface area contributed by atoms with Crippen LogP contribution in [0.4, 0.5) is 0 Å². The van der Waals surface area contributed by atoms with Crippen LogP contribution in [0.1, 0.15) is 38.5 Å². The molecule has 102 valence electrons. The van der Waals surface area contributed by atoms with Gasteiger partial charge in [0.05, 0.1) is 6.61 Å². The molecule has 0 aromatic carbocycles. The molecule has 2 heteroatoms. The molecule has 1 heterocycles. The Morgan fingerprint density at radius 1 is 1.00 bits per heavy atom. The van der Waals surface area contributed by atoms with E-state index in [1.807, 2.05) is 0 Å². The summed E-state index contributed by atoms with van der Waals surface area (Å²) < 4.78 is 5.64. The number of hydrogen-bond acceptors (Lipinski definition) is 2. The molecular weight excluding hydrogens is 222 g/mol.